The van der Waals surface area contributed by atoms with E-state index >= 15 is 0 Å². The number of halogens is 2. The van der Waals surface area contributed by atoms with E-state index in [0.29, 0.717) is 11.5 Å². The van der Waals surface area contributed by atoms with Gasteiger partial charge in [-0.25, -0.2) is 9.37 Å². The highest BCUT2D eigenvalue weighted by Gasteiger charge is 2.10. The number of H-pyrrole nitrogens is 1. The van der Waals surface area contributed by atoms with Crippen molar-refractivity contribution >= 4 is 39.3 Å². The van der Waals surface area contributed by atoms with Gasteiger partial charge in [-0.05, 0) is 52.9 Å². The van der Waals surface area contributed by atoms with Gasteiger partial charge >= 0.3 is 0 Å². The number of fused-ring (bicyclic) bond motifs is 1. The smallest absolute Gasteiger partial charge is 0.139 e. The zero-order valence-corrected chi connectivity index (χ0v) is 11.4. The fourth-order valence-corrected chi connectivity index (χ4v) is 2.60. The summed E-state index contributed by atoms with van der Waals surface area (Å²) in [5.41, 5.74) is 8.99. The third-order valence-corrected chi connectivity index (χ3v) is 3.62. The van der Waals surface area contributed by atoms with Crippen LogP contribution in [0.5, 0.6) is 0 Å². The molecule has 0 fully saturated rings. The lowest BCUT2D eigenvalue weighted by Crippen LogP contribution is -1.87. The number of para-hydroxylation sites is 1. The molecule has 0 bridgehead atoms. The number of benzene rings is 2. The number of anilines is 1. The van der Waals surface area contributed by atoms with Gasteiger partial charge in [0.1, 0.15) is 17.2 Å². The summed E-state index contributed by atoms with van der Waals surface area (Å²) in [7, 11) is 0. The maximum atomic E-state index is 13.1. The molecule has 0 radical (unpaired) electrons. The molecule has 0 aliphatic rings. The van der Waals surface area contributed by atoms with Crippen LogP contribution in [-0.4, -0.2) is 9.97 Å². The molecule has 0 saturated carbocycles. The van der Waals surface area contributed by atoms with Crippen LogP contribution in [-0.2, 0) is 0 Å². The summed E-state index contributed by atoms with van der Waals surface area (Å²) in [5, 5.41) is 0. The Labute approximate surface area is 116 Å². The van der Waals surface area contributed by atoms with Gasteiger partial charge < -0.3 is 10.7 Å². The van der Waals surface area contributed by atoms with Gasteiger partial charge in [0, 0.05) is 9.13 Å². The second kappa shape index (κ2) is 4.24. The van der Waals surface area contributed by atoms with Crippen molar-refractivity contribution in [2.75, 3.05) is 5.73 Å². The van der Waals surface area contributed by atoms with Crippen LogP contribution in [0, 0.1) is 9.39 Å². The van der Waals surface area contributed by atoms with Gasteiger partial charge in [-0.2, -0.15) is 0 Å². The molecular formula is C13H9FIN3. The highest BCUT2D eigenvalue weighted by atomic mass is 127. The van der Waals surface area contributed by atoms with Gasteiger partial charge in [0.05, 0.1) is 11.2 Å². The monoisotopic (exact) mass is 353 g/mol. The summed E-state index contributed by atoms with van der Waals surface area (Å²) in [6, 6.07) is 10.2. The quantitative estimate of drug-likeness (QED) is 0.519. The van der Waals surface area contributed by atoms with Gasteiger partial charge in [-0.1, -0.05) is 6.07 Å². The zero-order valence-electron chi connectivity index (χ0n) is 9.24. The lowest BCUT2D eigenvalue weighted by atomic mass is 10.2. The number of imidazole rings is 1. The van der Waals surface area contributed by atoms with Crippen LogP contribution in [0.1, 0.15) is 0 Å². The Hall–Kier alpha value is -1.63. The maximum Gasteiger partial charge on any atom is 0.139 e. The summed E-state index contributed by atoms with van der Waals surface area (Å²) in [6.45, 7) is 0. The van der Waals surface area contributed by atoms with Crippen molar-refractivity contribution in [1.82, 2.24) is 9.97 Å². The van der Waals surface area contributed by atoms with Crippen LogP contribution in [0.15, 0.2) is 36.4 Å². The zero-order chi connectivity index (χ0) is 12.7. The van der Waals surface area contributed by atoms with Crippen molar-refractivity contribution < 1.29 is 4.39 Å². The lowest BCUT2D eigenvalue weighted by Gasteiger charge is -2.00. The average Bonchev–Trinajstić information content (AvgIpc) is 2.74. The van der Waals surface area contributed by atoms with Crippen LogP contribution in [0.2, 0.25) is 0 Å². The second-order valence-electron chi connectivity index (χ2n) is 3.95. The Morgan fingerprint density at radius 2 is 2.06 bits per heavy atom. The lowest BCUT2D eigenvalue weighted by molar-refractivity contribution is 0.627. The van der Waals surface area contributed by atoms with Crippen LogP contribution >= 0.6 is 22.6 Å². The second-order valence-corrected chi connectivity index (χ2v) is 5.12. The van der Waals surface area contributed by atoms with E-state index in [9.17, 15) is 4.39 Å². The van der Waals surface area contributed by atoms with E-state index in [1.54, 1.807) is 6.07 Å². The average molecular weight is 353 g/mol. The maximum absolute atomic E-state index is 13.1. The molecule has 1 heterocycles. The minimum atomic E-state index is -0.251. The Morgan fingerprint density at radius 3 is 2.78 bits per heavy atom. The Morgan fingerprint density at radius 1 is 1.22 bits per heavy atom. The predicted molar refractivity (Wildman–Crippen MR) is 78.6 cm³/mol. The normalized spacial score (nSPS) is 11.0. The molecule has 0 amide bonds. The Balaban J connectivity index is 2.23. The molecule has 3 rings (SSSR count). The summed E-state index contributed by atoms with van der Waals surface area (Å²) in [6.07, 6.45) is 0. The van der Waals surface area contributed by atoms with Crippen molar-refractivity contribution in [2.45, 2.75) is 0 Å². The molecule has 1 aromatic heterocycles. The number of nitrogens with one attached hydrogen (secondary N) is 1. The van der Waals surface area contributed by atoms with E-state index in [0.717, 1.165) is 20.2 Å². The van der Waals surface area contributed by atoms with Crippen LogP contribution in [0.4, 0.5) is 10.1 Å². The molecule has 2 aromatic carbocycles. The molecule has 3 nitrogen and oxygen atoms in total. The molecule has 0 saturated heterocycles. The van der Waals surface area contributed by atoms with E-state index in [4.69, 9.17) is 5.73 Å². The summed E-state index contributed by atoms with van der Waals surface area (Å²) < 4.78 is 13.9. The fourth-order valence-electron chi connectivity index (χ4n) is 1.86. The number of nitrogens with zero attached hydrogens (tertiary/aromatic N) is 1. The molecule has 3 aromatic rings. The van der Waals surface area contributed by atoms with E-state index in [1.165, 1.54) is 12.1 Å². The van der Waals surface area contributed by atoms with Crippen molar-refractivity contribution in [3.8, 4) is 11.4 Å². The number of hydrogen-bond acceptors (Lipinski definition) is 2. The molecule has 90 valence electrons. The highest BCUT2D eigenvalue weighted by Crippen LogP contribution is 2.27. The standard InChI is InChI=1S/C13H9FIN3/c14-7-4-5-8(9(15)6-7)13-17-11-3-1-2-10(16)12(11)18-13/h1-6H,16H2,(H,17,18). The van der Waals surface area contributed by atoms with Crippen molar-refractivity contribution in [2.24, 2.45) is 0 Å². The predicted octanol–water partition coefficient (Wildman–Crippen LogP) is 3.56. The molecule has 0 aliphatic heterocycles. The number of rotatable bonds is 1. The molecule has 0 aliphatic carbocycles. The number of hydrogen-bond donors (Lipinski definition) is 2. The minimum absolute atomic E-state index is 0.251. The van der Waals surface area contributed by atoms with Gasteiger partial charge in [0.25, 0.3) is 0 Å². The Kier molecular flexibility index (Phi) is 2.70. The van der Waals surface area contributed by atoms with Crippen molar-refractivity contribution in [3.05, 3.63) is 45.8 Å². The van der Waals surface area contributed by atoms with Crippen molar-refractivity contribution in [1.29, 1.82) is 0 Å². The van der Waals surface area contributed by atoms with Crippen LogP contribution in [0.25, 0.3) is 22.4 Å². The summed E-state index contributed by atoms with van der Waals surface area (Å²) in [5.74, 6) is 0.450. The molecule has 0 atom stereocenters. The van der Waals surface area contributed by atoms with E-state index in [2.05, 4.69) is 32.6 Å². The molecule has 0 unspecified atom stereocenters. The number of nitrogen functional groups attached to an aromatic ring is 1. The number of aromatic amines is 1. The van der Waals surface area contributed by atoms with Gasteiger partial charge in [-0.3, -0.25) is 0 Å². The first-order valence-electron chi connectivity index (χ1n) is 5.35. The highest BCUT2D eigenvalue weighted by molar-refractivity contribution is 14.1. The third-order valence-electron chi connectivity index (χ3n) is 2.73. The molecular weight excluding hydrogens is 344 g/mol. The van der Waals surface area contributed by atoms with E-state index in [1.807, 2.05) is 18.2 Å². The summed E-state index contributed by atoms with van der Waals surface area (Å²) in [4.78, 5) is 7.66. The van der Waals surface area contributed by atoms with Crippen molar-refractivity contribution in [3.63, 3.8) is 0 Å². The van der Waals surface area contributed by atoms with E-state index < -0.39 is 0 Å². The van der Waals surface area contributed by atoms with Gasteiger partial charge in [-0.15, -0.1) is 0 Å². The topological polar surface area (TPSA) is 54.7 Å². The third kappa shape index (κ3) is 1.84. The van der Waals surface area contributed by atoms with Gasteiger partial charge in [0.15, 0.2) is 0 Å². The first kappa shape index (κ1) is 11.5. The first-order chi connectivity index (χ1) is 8.65. The largest absolute Gasteiger partial charge is 0.397 e. The molecule has 5 heteroatoms. The van der Waals surface area contributed by atoms with Gasteiger partial charge in [0.2, 0.25) is 0 Å². The number of nitrogens with two attached hydrogens (primary N) is 1. The SMILES string of the molecule is Nc1cccc2[nH]c(-c3ccc(F)cc3I)nc12. The van der Waals surface area contributed by atoms with Crippen LogP contribution in [0.3, 0.4) is 0 Å². The molecule has 3 N–H and O–H groups in total. The molecule has 18 heavy (non-hydrogen) atoms. The van der Waals surface area contributed by atoms with E-state index in [-0.39, 0.29) is 5.82 Å². The number of aromatic nitrogens is 2. The first-order valence-corrected chi connectivity index (χ1v) is 6.42. The molecule has 0 spiro atoms. The fraction of sp³-hybridized carbons (Fsp3) is 0. The minimum Gasteiger partial charge on any atom is -0.397 e. The Bertz CT molecular complexity index is 736. The van der Waals surface area contributed by atoms with Crippen LogP contribution < -0.4 is 5.73 Å². The summed E-state index contributed by atoms with van der Waals surface area (Å²) >= 11 is 2.09.